The molecule has 1 heterocycles. The van der Waals surface area contributed by atoms with Gasteiger partial charge >= 0.3 is 0 Å². The highest BCUT2D eigenvalue weighted by molar-refractivity contribution is 5.94. The Hall–Kier alpha value is -1.35. The summed E-state index contributed by atoms with van der Waals surface area (Å²) in [7, 11) is 0. The number of piperidine rings is 1. The van der Waals surface area contributed by atoms with Crippen LogP contribution < -0.4 is 0 Å². The predicted molar refractivity (Wildman–Crippen MR) is 88.1 cm³/mol. The molecule has 3 heteroatoms. The lowest BCUT2D eigenvalue weighted by Gasteiger charge is -2.32. The molecule has 1 amide bonds. The monoisotopic (exact) mass is 301 g/mol. The minimum Gasteiger partial charge on any atom is -0.396 e. The highest BCUT2D eigenvalue weighted by Gasteiger charge is 2.43. The Morgan fingerprint density at radius 3 is 2.77 bits per heavy atom. The third-order valence-corrected chi connectivity index (χ3v) is 5.64. The van der Waals surface area contributed by atoms with Gasteiger partial charge < -0.3 is 10.0 Å². The summed E-state index contributed by atoms with van der Waals surface area (Å²) in [5.74, 6) is 0.363. The molecule has 0 radical (unpaired) electrons. The summed E-state index contributed by atoms with van der Waals surface area (Å²) < 4.78 is 0. The van der Waals surface area contributed by atoms with E-state index in [1.165, 1.54) is 30.4 Å². The summed E-state index contributed by atoms with van der Waals surface area (Å²) in [5, 5.41) is 9.33. The zero-order valence-corrected chi connectivity index (χ0v) is 13.8. The number of rotatable bonds is 4. The van der Waals surface area contributed by atoms with Crippen LogP contribution in [0.3, 0.4) is 0 Å². The first-order chi connectivity index (χ1) is 10.6. The van der Waals surface area contributed by atoms with Crippen LogP contribution in [0.2, 0.25) is 0 Å². The molecule has 1 aromatic carbocycles. The van der Waals surface area contributed by atoms with Crippen molar-refractivity contribution in [2.45, 2.75) is 51.4 Å². The van der Waals surface area contributed by atoms with Gasteiger partial charge in [-0.2, -0.15) is 0 Å². The number of nitrogens with zero attached hydrogens (tertiary/aromatic N) is 1. The number of hydrogen-bond donors (Lipinski definition) is 1. The van der Waals surface area contributed by atoms with Gasteiger partial charge in [0.15, 0.2) is 0 Å². The van der Waals surface area contributed by atoms with Gasteiger partial charge in [-0.1, -0.05) is 13.0 Å². The van der Waals surface area contributed by atoms with Crippen molar-refractivity contribution >= 4 is 5.91 Å². The Balaban J connectivity index is 1.77. The normalized spacial score (nSPS) is 23.4. The molecule has 0 spiro atoms. The summed E-state index contributed by atoms with van der Waals surface area (Å²) in [6, 6.07) is 6.24. The maximum Gasteiger partial charge on any atom is 0.253 e. The van der Waals surface area contributed by atoms with E-state index in [0.29, 0.717) is 12.0 Å². The Labute approximate surface area is 133 Å². The zero-order chi connectivity index (χ0) is 15.7. The van der Waals surface area contributed by atoms with Gasteiger partial charge in [0.1, 0.15) is 0 Å². The number of carbonyl (C=O) groups is 1. The molecule has 0 bridgehead atoms. The van der Waals surface area contributed by atoms with Crippen molar-refractivity contribution in [3.8, 4) is 0 Å². The fraction of sp³-hybridized carbons (Fsp3) is 0.632. The quantitative estimate of drug-likeness (QED) is 0.927. The number of benzene rings is 1. The summed E-state index contributed by atoms with van der Waals surface area (Å²) in [4.78, 5) is 14.6. The Bertz CT molecular complexity index is 563. The summed E-state index contributed by atoms with van der Waals surface area (Å²) in [5.41, 5.74) is 3.87. The highest BCUT2D eigenvalue weighted by Crippen LogP contribution is 2.51. The second-order valence-corrected chi connectivity index (χ2v) is 7.11. The van der Waals surface area contributed by atoms with Crippen molar-refractivity contribution in [3.05, 3.63) is 34.9 Å². The largest absolute Gasteiger partial charge is 0.396 e. The maximum absolute atomic E-state index is 12.7. The van der Waals surface area contributed by atoms with Crippen molar-refractivity contribution < 1.29 is 9.90 Å². The van der Waals surface area contributed by atoms with Crippen LogP contribution in [0.4, 0.5) is 0 Å². The van der Waals surface area contributed by atoms with E-state index in [4.69, 9.17) is 0 Å². The van der Waals surface area contributed by atoms with Crippen molar-refractivity contribution in [2.75, 3.05) is 19.7 Å². The van der Waals surface area contributed by atoms with Crippen LogP contribution in [-0.4, -0.2) is 35.6 Å². The third kappa shape index (κ3) is 2.79. The molecule has 3 rings (SSSR count). The summed E-state index contributed by atoms with van der Waals surface area (Å²) in [6.45, 7) is 6.08. The first-order valence-corrected chi connectivity index (χ1v) is 8.61. The molecule has 1 saturated heterocycles. The predicted octanol–water partition coefficient (Wildman–Crippen LogP) is 3.28. The van der Waals surface area contributed by atoms with E-state index in [1.807, 2.05) is 11.0 Å². The molecule has 120 valence electrons. The molecular weight excluding hydrogens is 274 g/mol. The molecule has 1 aliphatic heterocycles. The molecular formula is C19H27NO2. The highest BCUT2D eigenvalue weighted by atomic mass is 16.3. The van der Waals surface area contributed by atoms with Crippen molar-refractivity contribution in [1.82, 2.24) is 4.90 Å². The van der Waals surface area contributed by atoms with Crippen molar-refractivity contribution in [1.29, 1.82) is 0 Å². The van der Waals surface area contributed by atoms with Gasteiger partial charge in [-0.15, -0.1) is 0 Å². The fourth-order valence-corrected chi connectivity index (χ4v) is 3.94. The lowest BCUT2D eigenvalue weighted by atomic mass is 9.88. The molecule has 1 aliphatic carbocycles. The van der Waals surface area contributed by atoms with E-state index < -0.39 is 0 Å². The lowest BCUT2D eigenvalue weighted by molar-refractivity contribution is 0.0620. The Morgan fingerprint density at radius 1 is 1.41 bits per heavy atom. The van der Waals surface area contributed by atoms with Crippen LogP contribution in [0.5, 0.6) is 0 Å². The molecule has 1 aromatic rings. The van der Waals surface area contributed by atoms with Crippen LogP contribution in [0.1, 0.15) is 60.5 Å². The van der Waals surface area contributed by atoms with E-state index in [2.05, 4.69) is 26.0 Å². The van der Waals surface area contributed by atoms with E-state index >= 15 is 0 Å². The molecule has 0 aromatic heterocycles. The van der Waals surface area contributed by atoms with Crippen molar-refractivity contribution in [3.63, 3.8) is 0 Å². The SMILES string of the molecule is CCC1(c2ccc(C(=O)N3CCCC(CO)C3)cc2C)CC1. The number of amides is 1. The minimum absolute atomic E-state index is 0.120. The average molecular weight is 301 g/mol. The molecule has 1 unspecified atom stereocenters. The number of aliphatic hydroxyl groups is 1. The number of hydrogen-bond acceptors (Lipinski definition) is 2. The standard InChI is InChI=1S/C19H27NO2/c1-3-19(8-9-19)17-7-6-16(11-14(17)2)18(22)20-10-4-5-15(12-20)13-21/h6-7,11,15,21H,3-5,8-10,12-13H2,1-2H3. The van der Waals surface area contributed by atoms with Crippen LogP contribution in [0.25, 0.3) is 0 Å². The van der Waals surface area contributed by atoms with E-state index in [0.717, 1.165) is 24.9 Å². The number of carbonyl (C=O) groups excluding carboxylic acids is 1. The van der Waals surface area contributed by atoms with Gasteiger partial charge in [-0.3, -0.25) is 4.79 Å². The second-order valence-electron chi connectivity index (χ2n) is 7.11. The molecule has 3 nitrogen and oxygen atoms in total. The van der Waals surface area contributed by atoms with Gasteiger partial charge in [0.25, 0.3) is 5.91 Å². The first kappa shape index (κ1) is 15.5. The maximum atomic E-state index is 12.7. The van der Waals surface area contributed by atoms with Crippen LogP contribution in [0, 0.1) is 12.8 Å². The fourth-order valence-electron chi connectivity index (χ4n) is 3.94. The number of likely N-dealkylation sites (tertiary alicyclic amines) is 1. The Kier molecular flexibility index (Phi) is 4.26. The zero-order valence-electron chi connectivity index (χ0n) is 13.8. The second kappa shape index (κ2) is 6.04. The third-order valence-electron chi connectivity index (χ3n) is 5.64. The van der Waals surface area contributed by atoms with E-state index in [1.54, 1.807) is 0 Å². The van der Waals surface area contributed by atoms with Gasteiger partial charge in [-0.25, -0.2) is 0 Å². The lowest BCUT2D eigenvalue weighted by Crippen LogP contribution is -2.41. The van der Waals surface area contributed by atoms with Crippen LogP contribution in [-0.2, 0) is 5.41 Å². The summed E-state index contributed by atoms with van der Waals surface area (Å²) in [6.07, 6.45) is 5.76. The van der Waals surface area contributed by atoms with Gasteiger partial charge in [0.2, 0.25) is 0 Å². The molecule has 2 aliphatic rings. The summed E-state index contributed by atoms with van der Waals surface area (Å²) >= 11 is 0. The van der Waals surface area contributed by atoms with Gasteiger partial charge in [-0.05, 0) is 73.6 Å². The molecule has 2 fully saturated rings. The average Bonchev–Trinajstić information content (AvgIpc) is 3.35. The minimum atomic E-state index is 0.120. The molecule has 1 atom stereocenters. The van der Waals surface area contributed by atoms with Crippen molar-refractivity contribution in [2.24, 2.45) is 5.92 Å². The first-order valence-electron chi connectivity index (χ1n) is 8.61. The molecule has 22 heavy (non-hydrogen) atoms. The van der Waals surface area contributed by atoms with E-state index in [9.17, 15) is 9.90 Å². The van der Waals surface area contributed by atoms with Crippen LogP contribution in [0.15, 0.2) is 18.2 Å². The van der Waals surface area contributed by atoms with E-state index in [-0.39, 0.29) is 18.4 Å². The van der Waals surface area contributed by atoms with Gasteiger partial charge in [0.05, 0.1) is 0 Å². The number of aliphatic hydroxyl groups excluding tert-OH is 1. The van der Waals surface area contributed by atoms with Gasteiger partial charge in [0, 0.05) is 25.3 Å². The smallest absolute Gasteiger partial charge is 0.253 e. The van der Waals surface area contributed by atoms with Crippen LogP contribution >= 0.6 is 0 Å². The molecule has 1 saturated carbocycles. The number of aryl methyl sites for hydroxylation is 1. The molecule has 1 N–H and O–H groups in total. The topological polar surface area (TPSA) is 40.5 Å². The Morgan fingerprint density at radius 2 is 2.18 bits per heavy atom.